The Hall–Kier alpha value is -0.0800. The second-order valence-electron chi connectivity index (χ2n) is 4.43. The Morgan fingerprint density at radius 3 is 2.36 bits per heavy atom. The molecule has 0 saturated carbocycles. The smallest absolute Gasteiger partial charge is 0.108 e. The van der Waals surface area contributed by atoms with Crippen molar-refractivity contribution in [3.63, 3.8) is 0 Å². The maximum absolute atomic E-state index is 5.96. The lowest BCUT2D eigenvalue weighted by atomic mass is 10.1. The van der Waals surface area contributed by atoms with Crippen LogP contribution < -0.4 is 0 Å². The minimum atomic E-state index is 0.317. The Kier molecular flexibility index (Phi) is 5.49. The lowest BCUT2D eigenvalue weighted by molar-refractivity contribution is -0.0906. The molecule has 0 spiro atoms. The van der Waals surface area contributed by atoms with Crippen LogP contribution in [-0.4, -0.2) is 30.3 Å². The molecule has 0 N–H and O–H groups in total. The minimum Gasteiger partial charge on any atom is -0.361 e. The number of hydrogen-bond donors (Lipinski definition) is 0. The number of hydrogen-bond acceptors (Lipinski definition) is 2. The highest BCUT2D eigenvalue weighted by Crippen LogP contribution is 2.14. The van der Waals surface area contributed by atoms with E-state index in [1.54, 1.807) is 0 Å². The molecule has 2 nitrogen and oxygen atoms in total. The molecule has 84 valence electrons. The molecule has 0 aromatic rings. The number of rotatable bonds is 5. The summed E-state index contributed by atoms with van der Waals surface area (Å²) in [6, 6.07) is 0. The second-order valence-corrected chi connectivity index (χ2v) is 4.43. The zero-order chi connectivity index (χ0) is 10.4. The molecule has 0 amide bonds. The van der Waals surface area contributed by atoms with Gasteiger partial charge in [0.2, 0.25) is 0 Å². The fraction of sp³-hybridized carbons (Fsp3) is 1.00. The molecule has 0 bridgehead atoms. The van der Waals surface area contributed by atoms with Crippen LogP contribution in [0.2, 0.25) is 0 Å². The first-order chi connectivity index (χ1) is 6.74. The predicted molar refractivity (Wildman–Crippen MR) is 60.3 cm³/mol. The van der Waals surface area contributed by atoms with E-state index < -0.39 is 0 Å². The average Bonchev–Trinajstić information content (AvgIpc) is 2.19. The van der Waals surface area contributed by atoms with E-state index in [9.17, 15) is 0 Å². The molecule has 1 rings (SSSR count). The molecule has 1 fully saturated rings. The van der Waals surface area contributed by atoms with Gasteiger partial charge in [-0.25, -0.2) is 0 Å². The molecule has 1 aliphatic rings. The highest BCUT2D eigenvalue weighted by molar-refractivity contribution is 4.66. The Morgan fingerprint density at radius 2 is 1.79 bits per heavy atom. The van der Waals surface area contributed by atoms with Crippen LogP contribution in [-0.2, 0) is 4.74 Å². The van der Waals surface area contributed by atoms with Crippen LogP contribution in [0, 0.1) is 0 Å². The standard InChI is InChI=1S/C12H25NO/c1-4-8-11(2)14-12(3)13-9-6-5-7-10-13/h11-12H,4-10H2,1-3H3. The molecular formula is C12H25NO. The van der Waals surface area contributed by atoms with Gasteiger partial charge in [-0.3, -0.25) is 4.90 Å². The summed E-state index contributed by atoms with van der Waals surface area (Å²) in [5, 5.41) is 0. The van der Waals surface area contributed by atoms with E-state index in [4.69, 9.17) is 4.74 Å². The number of likely N-dealkylation sites (tertiary alicyclic amines) is 1. The fourth-order valence-corrected chi connectivity index (χ4v) is 2.18. The third kappa shape index (κ3) is 3.97. The number of piperidine rings is 1. The van der Waals surface area contributed by atoms with Crippen molar-refractivity contribution in [1.29, 1.82) is 0 Å². The molecule has 1 heterocycles. The number of nitrogens with zero attached hydrogens (tertiary/aromatic N) is 1. The van der Waals surface area contributed by atoms with Gasteiger partial charge < -0.3 is 4.74 Å². The Labute approximate surface area is 88.6 Å². The van der Waals surface area contributed by atoms with Crippen LogP contribution >= 0.6 is 0 Å². The molecule has 0 radical (unpaired) electrons. The van der Waals surface area contributed by atoms with E-state index in [2.05, 4.69) is 25.7 Å². The first-order valence-corrected chi connectivity index (χ1v) is 6.13. The quantitative estimate of drug-likeness (QED) is 0.675. The third-order valence-corrected chi connectivity index (χ3v) is 3.03. The SMILES string of the molecule is CCCC(C)OC(C)N1CCCCC1. The van der Waals surface area contributed by atoms with Crippen molar-refractivity contribution < 1.29 is 4.74 Å². The van der Waals surface area contributed by atoms with Crippen molar-refractivity contribution in [3.05, 3.63) is 0 Å². The van der Waals surface area contributed by atoms with E-state index in [-0.39, 0.29) is 0 Å². The topological polar surface area (TPSA) is 12.5 Å². The van der Waals surface area contributed by atoms with Crippen LogP contribution in [0.15, 0.2) is 0 Å². The first-order valence-electron chi connectivity index (χ1n) is 6.13. The molecule has 0 aliphatic carbocycles. The van der Waals surface area contributed by atoms with Gasteiger partial charge >= 0.3 is 0 Å². The minimum absolute atomic E-state index is 0.317. The summed E-state index contributed by atoms with van der Waals surface area (Å²) in [5.41, 5.74) is 0. The zero-order valence-corrected chi connectivity index (χ0v) is 9.96. The summed E-state index contributed by atoms with van der Waals surface area (Å²) in [6.07, 6.45) is 7.21. The van der Waals surface area contributed by atoms with Gasteiger partial charge in [0.15, 0.2) is 0 Å². The molecule has 14 heavy (non-hydrogen) atoms. The van der Waals surface area contributed by atoms with E-state index >= 15 is 0 Å². The van der Waals surface area contributed by atoms with Gasteiger partial charge in [-0.2, -0.15) is 0 Å². The lowest BCUT2D eigenvalue weighted by Gasteiger charge is -2.33. The van der Waals surface area contributed by atoms with E-state index in [1.807, 2.05) is 0 Å². The van der Waals surface area contributed by atoms with Crippen molar-refractivity contribution in [2.75, 3.05) is 13.1 Å². The Balaban J connectivity index is 2.21. The molecule has 1 aliphatic heterocycles. The van der Waals surface area contributed by atoms with E-state index in [0.717, 1.165) is 0 Å². The third-order valence-electron chi connectivity index (χ3n) is 3.03. The average molecular weight is 199 g/mol. The zero-order valence-electron chi connectivity index (χ0n) is 9.96. The molecule has 0 aromatic carbocycles. The molecular weight excluding hydrogens is 174 g/mol. The molecule has 0 aromatic heterocycles. The maximum Gasteiger partial charge on any atom is 0.108 e. The molecule has 2 heteroatoms. The van der Waals surface area contributed by atoms with Gasteiger partial charge in [0, 0.05) is 13.1 Å². The van der Waals surface area contributed by atoms with Crippen molar-refractivity contribution in [1.82, 2.24) is 4.90 Å². The summed E-state index contributed by atoms with van der Waals surface area (Å²) in [6.45, 7) is 9.03. The van der Waals surface area contributed by atoms with E-state index in [0.29, 0.717) is 12.3 Å². The Morgan fingerprint density at radius 1 is 1.14 bits per heavy atom. The highest BCUT2D eigenvalue weighted by Gasteiger charge is 2.18. The van der Waals surface area contributed by atoms with Crippen molar-refractivity contribution in [3.8, 4) is 0 Å². The van der Waals surface area contributed by atoms with Crippen LogP contribution in [0.3, 0.4) is 0 Å². The van der Waals surface area contributed by atoms with Crippen LogP contribution in [0.1, 0.15) is 52.9 Å². The molecule has 1 saturated heterocycles. The summed E-state index contributed by atoms with van der Waals surface area (Å²) in [5.74, 6) is 0. The van der Waals surface area contributed by atoms with Gasteiger partial charge in [-0.15, -0.1) is 0 Å². The van der Waals surface area contributed by atoms with Gasteiger partial charge in [-0.05, 0) is 33.1 Å². The monoisotopic (exact) mass is 199 g/mol. The van der Waals surface area contributed by atoms with Gasteiger partial charge in [-0.1, -0.05) is 19.8 Å². The van der Waals surface area contributed by atoms with Gasteiger partial charge in [0.25, 0.3) is 0 Å². The molecule has 2 unspecified atom stereocenters. The van der Waals surface area contributed by atoms with Crippen LogP contribution in [0.5, 0.6) is 0 Å². The summed E-state index contributed by atoms with van der Waals surface area (Å²) >= 11 is 0. The van der Waals surface area contributed by atoms with Crippen LogP contribution in [0.4, 0.5) is 0 Å². The lowest BCUT2D eigenvalue weighted by Crippen LogP contribution is -2.40. The summed E-state index contributed by atoms with van der Waals surface area (Å²) in [7, 11) is 0. The fourth-order valence-electron chi connectivity index (χ4n) is 2.18. The van der Waals surface area contributed by atoms with E-state index in [1.165, 1.54) is 45.2 Å². The highest BCUT2D eigenvalue weighted by atomic mass is 16.5. The summed E-state index contributed by atoms with van der Waals surface area (Å²) < 4.78 is 5.96. The maximum atomic E-state index is 5.96. The van der Waals surface area contributed by atoms with Crippen molar-refractivity contribution >= 4 is 0 Å². The van der Waals surface area contributed by atoms with Crippen molar-refractivity contribution in [2.45, 2.75) is 65.2 Å². The Bertz CT molecular complexity index is 143. The molecule has 2 atom stereocenters. The number of ether oxygens (including phenoxy) is 1. The second kappa shape index (κ2) is 6.41. The summed E-state index contributed by atoms with van der Waals surface area (Å²) in [4.78, 5) is 2.47. The van der Waals surface area contributed by atoms with Crippen molar-refractivity contribution in [2.24, 2.45) is 0 Å². The largest absolute Gasteiger partial charge is 0.361 e. The first kappa shape index (κ1) is 12.0. The predicted octanol–water partition coefficient (Wildman–Crippen LogP) is 3.02. The van der Waals surface area contributed by atoms with Gasteiger partial charge in [0.1, 0.15) is 6.23 Å². The van der Waals surface area contributed by atoms with Crippen LogP contribution in [0.25, 0.3) is 0 Å². The van der Waals surface area contributed by atoms with Gasteiger partial charge in [0.05, 0.1) is 6.10 Å². The normalized spacial score (nSPS) is 23.4.